The largest absolute Gasteiger partial charge is 0.385 e. The smallest absolute Gasteiger partial charge is 0.123 e. The normalized spacial score (nSPS) is 20.8. The van der Waals surface area contributed by atoms with E-state index in [2.05, 4.69) is 18.7 Å². The van der Waals surface area contributed by atoms with Gasteiger partial charge in [-0.3, -0.25) is 0 Å². The summed E-state index contributed by atoms with van der Waals surface area (Å²) in [7, 11) is 0. The van der Waals surface area contributed by atoms with Gasteiger partial charge in [-0.1, -0.05) is 12.1 Å². The lowest BCUT2D eigenvalue weighted by atomic mass is 9.84. The number of aliphatic hydroxyl groups is 1. The molecule has 1 aromatic rings. The minimum absolute atomic E-state index is 0.276. The van der Waals surface area contributed by atoms with Crippen LogP contribution in [0.3, 0.4) is 0 Å². The predicted molar refractivity (Wildman–Crippen MR) is 66.2 cm³/mol. The van der Waals surface area contributed by atoms with Gasteiger partial charge in [0.1, 0.15) is 5.82 Å². The fourth-order valence-corrected chi connectivity index (χ4v) is 2.48. The van der Waals surface area contributed by atoms with Gasteiger partial charge in [0.25, 0.3) is 0 Å². The zero-order chi connectivity index (χ0) is 12.5. The molecule has 2 rings (SSSR count). The molecule has 1 fully saturated rings. The van der Waals surface area contributed by atoms with Crippen molar-refractivity contribution in [1.29, 1.82) is 0 Å². The molecule has 0 spiro atoms. The Balaban J connectivity index is 2.12. The monoisotopic (exact) mass is 237 g/mol. The fraction of sp³-hybridized carbons (Fsp3) is 0.571. The van der Waals surface area contributed by atoms with Crippen LogP contribution in [0.1, 0.15) is 32.3 Å². The highest BCUT2D eigenvalue weighted by molar-refractivity contribution is 5.24. The van der Waals surface area contributed by atoms with Gasteiger partial charge in [0.05, 0.1) is 5.60 Å². The molecule has 0 aliphatic carbocycles. The maximum atomic E-state index is 13.2. The number of likely N-dealkylation sites (tertiary alicyclic amines) is 1. The molecule has 0 radical (unpaired) electrons. The number of piperidine rings is 1. The molecule has 1 saturated heterocycles. The van der Waals surface area contributed by atoms with Gasteiger partial charge in [0.15, 0.2) is 0 Å². The van der Waals surface area contributed by atoms with Gasteiger partial charge in [-0.2, -0.15) is 0 Å². The highest BCUT2D eigenvalue weighted by Crippen LogP contribution is 2.33. The van der Waals surface area contributed by atoms with E-state index < -0.39 is 5.60 Å². The summed E-state index contributed by atoms with van der Waals surface area (Å²) in [5.74, 6) is -0.276. The number of rotatable bonds is 2. The van der Waals surface area contributed by atoms with Crippen molar-refractivity contribution < 1.29 is 9.50 Å². The molecule has 1 N–H and O–H groups in total. The Bertz CT molecular complexity index is 384. The first-order valence-electron chi connectivity index (χ1n) is 6.24. The Hall–Kier alpha value is -0.930. The van der Waals surface area contributed by atoms with Crippen molar-refractivity contribution in [2.24, 2.45) is 0 Å². The van der Waals surface area contributed by atoms with Crippen molar-refractivity contribution in [3.8, 4) is 0 Å². The molecular formula is C14H20FNO. The molecule has 0 atom stereocenters. The lowest BCUT2D eigenvalue weighted by Crippen LogP contribution is -2.45. The Morgan fingerprint density at radius 3 is 2.47 bits per heavy atom. The van der Waals surface area contributed by atoms with Gasteiger partial charge >= 0.3 is 0 Å². The van der Waals surface area contributed by atoms with Crippen LogP contribution in [0.2, 0.25) is 0 Å². The average molecular weight is 237 g/mol. The third kappa shape index (κ3) is 2.67. The van der Waals surface area contributed by atoms with Crippen LogP contribution in [0.5, 0.6) is 0 Å². The van der Waals surface area contributed by atoms with Crippen molar-refractivity contribution in [3.05, 3.63) is 35.6 Å². The number of hydrogen-bond donors (Lipinski definition) is 1. The third-order valence-corrected chi connectivity index (χ3v) is 3.72. The van der Waals surface area contributed by atoms with E-state index in [9.17, 15) is 9.50 Å². The first-order chi connectivity index (χ1) is 8.01. The van der Waals surface area contributed by atoms with E-state index in [1.807, 2.05) is 6.07 Å². The molecule has 0 unspecified atom stereocenters. The van der Waals surface area contributed by atoms with Gasteiger partial charge in [0.2, 0.25) is 0 Å². The predicted octanol–water partition coefficient (Wildman–Crippen LogP) is 2.52. The zero-order valence-electron chi connectivity index (χ0n) is 10.5. The van der Waals surface area contributed by atoms with Crippen LogP contribution in [0, 0.1) is 5.82 Å². The standard InChI is InChI=1S/C14H20FNO/c1-11(2)16-8-6-14(17,7-9-16)12-4-3-5-13(15)10-12/h3-5,10-11,17H,6-9H2,1-2H3. The molecule has 0 amide bonds. The van der Waals surface area contributed by atoms with Crippen LogP contribution in [-0.2, 0) is 5.60 Å². The molecule has 1 heterocycles. The van der Waals surface area contributed by atoms with Gasteiger partial charge in [-0.15, -0.1) is 0 Å². The maximum Gasteiger partial charge on any atom is 0.123 e. The van der Waals surface area contributed by atoms with Crippen LogP contribution < -0.4 is 0 Å². The first kappa shape index (κ1) is 12.5. The molecule has 0 bridgehead atoms. The minimum Gasteiger partial charge on any atom is -0.385 e. The summed E-state index contributed by atoms with van der Waals surface area (Å²) in [5, 5.41) is 10.6. The third-order valence-electron chi connectivity index (χ3n) is 3.72. The van der Waals surface area contributed by atoms with Crippen LogP contribution in [0.25, 0.3) is 0 Å². The van der Waals surface area contributed by atoms with E-state index in [0.29, 0.717) is 24.4 Å². The molecule has 17 heavy (non-hydrogen) atoms. The SMILES string of the molecule is CC(C)N1CCC(O)(c2cccc(F)c2)CC1. The Labute approximate surface area is 102 Å². The van der Waals surface area contributed by atoms with Gasteiger partial charge in [-0.05, 0) is 44.4 Å². The number of halogens is 1. The van der Waals surface area contributed by atoms with Gasteiger partial charge < -0.3 is 10.0 Å². The second kappa shape index (κ2) is 4.75. The second-order valence-corrected chi connectivity index (χ2v) is 5.17. The molecule has 1 aliphatic heterocycles. The van der Waals surface area contributed by atoms with Crippen LogP contribution in [0.4, 0.5) is 4.39 Å². The Morgan fingerprint density at radius 1 is 1.29 bits per heavy atom. The molecule has 3 heteroatoms. The summed E-state index contributed by atoms with van der Waals surface area (Å²) in [6.07, 6.45) is 1.35. The molecule has 0 aromatic heterocycles. The van der Waals surface area contributed by atoms with Crippen molar-refractivity contribution in [2.75, 3.05) is 13.1 Å². The van der Waals surface area contributed by atoms with Crippen molar-refractivity contribution >= 4 is 0 Å². The van der Waals surface area contributed by atoms with Crippen molar-refractivity contribution in [2.45, 2.75) is 38.3 Å². The highest BCUT2D eigenvalue weighted by Gasteiger charge is 2.34. The van der Waals surface area contributed by atoms with Crippen molar-refractivity contribution in [1.82, 2.24) is 4.90 Å². The number of hydrogen-bond acceptors (Lipinski definition) is 2. The van der Waals surface area contributed by atoms with Gasteiger partial charge in [-0.25, -0.2) is 4.39 Å². The van der Waals surface area contributed by atoms with E-state index in [1.165, 1.54) is 12.1 Å². The van der Waals surface area contributed by atoms with Crippen LogP contribution in [0.15, 0.2) is 24.3 Å². The summed E-state index contributed by atoms with van der Waals surface area (Å²) in [4.78, 5) is 2.34. The molecule has 2 nitrogen and oxygen atoms in total. The Kier molecular flexibility index (Phi) is 3.50. The van der Waals surface area contributed by atoms with Crippen LogP contribution in [-0.4, -0.2) is 29.1 Å². The van der Waals surface area contributed by atoms with E-state index in [-0.39, 0.29) is 5.82 Å². The summed E-state index contributed by atoms with van der Waals surface area (Å²) < 4.78 is 13.2. The van der Waals surface area contributed by atoms with E-state index in [1.54, 1.807) is 6.07 Å². The Morgan fingerprint density at radius 2 is 1.94 bits per heavy atom. The highest BCUT2D eigenvalue weighted by atomic mass is 19.1. The van der Waals surface area contributed by atoms with Crippen LogP contribution >= 0.6 is 0 Å². The number of benzene rings is 1. The molecule has 1 aliphatic rings. The quantitative estimate of drug-likeness (QED) is 0.854. The number of nitrogens with zero attached hydrogens (tertiary/aromatic N) is 1. The summed E-state index contributed by atoms with van der Waals surface area (Å²) >= 11 is 0. The first-order valence-corrected chi connectivity index (χ1v) is 6.24. The maximum absolute atomic E-state index is 13.2. The minimum atomic E-state index is -0.854. The van der Waals surface area contributed by atoms with E-state index >= 15 is 0 Å². The van der Waals surface area contributed by atoms with Gasteiger partial charge in [0, 0.05) is 19.1 Å². The summed E-state index contributed by atoms with van der Waals surface area (Å²) in [6, 6.07) is 6.85. The lowest BCUT2D eigenvalue weighted by molar-refractivity contribution is -0.0325. The van der Waals surface area contributed by atoms with E-state index in [4.69, 9.17) is 0 Å². The topological polar surface area (TPSA) is 23.5 Å². The van der Waals surface area contributed by atoms with E-state index in [0.717, 1.165) is 13.1 Å². The molecule has 94 valence electrons. The van der Waals surface area contributed by atoms with Crippen molar-refractivity contribution in [3.63, 3.8) is 0 Å². The molecular weight excluding hydrogens is 217 g/mol. The molecule has 1 aromatic carbocycles. The average Bonchev–Trinajstić information content (AvgIpc) is 2.29. The second-order valence-electron chi connectivity index (χ2n) is 5.17. The molecule has 0 saturated carbocycles. The fourth-order valence-electron chi connectivity index (χ4n) is 2.48. The summed E-state index contributed by atoms with van der Waals surface area (Å²) in [6.45, 7) is 6.05. The lowest BCUT2D eigenvalue weighted by Gasteiger charge is -2.40. The summed E-state index contributed by atoms with van der Waals surface area (Å²) in [5.41, 5.74) is -0.145. The zero-order valence-corrected chi connectivity index (χ0v) is 10.5.